The molecule has 0 spiro atoms. The molecule has 2 unspecified atom stereocenters. The number of halogens is 1. The van der Waals surface area contributed by atoms with Gasteiger partial charge in [0.05, 0.1) is 12.8 Å². The molecule has 1 aromatic carbocycles. The van der Waals surface area contributed by atoms with Gasteiger partial charge in [-0.1, -0.05) is 13.8 Å². The Morgan fingerprint density at radius 3 is 2.71 bits per heavy atom. The second kappa shape index (κ2) is 5.84. The first-order valence-electron chi connectivity index (χ1n) is 7.93. The van der Waals surface area contributed by atoms with Gasteiger partial charge in [0.2, 0.25) is 0 Å². The summed E-state index contributed by atoms with van der Waals surface area (Å²) in [6.45, 7) is 6.22. The summed E-state index contributed by atoms with van der Waals surface area (Å²) in [5.41, 5.74) is 0.681. The number of benzene rings is 1. The fraction of sp³-hybridized carbons (Fsp3) is 0.647. The number of methoxy groups -OCH3 is 1. The van der Waals surface area contributed by atoms with E-state index < -0.39 is 0 Å². The first kappa shape index (κ1) is 14.6. The molecule has 0 radical (unpaired) electrons. The van der Waals surface area contributed by atoms with Gasteiger partial charge in [0.15, 0.2) is 0 Å². The van der Waals surface area contributed by atoms with Crippen molar-refractivity contribution in [2.24, 2.45) is 11.8 Å². The van der Waals surface area contributed by atoms with Crippen molar-refractivity contribution in [1.29, 1.82) is 0 Å². The summed E-state index contributed by atoms with van der Waals surface area (Å²) in [6.07, 6.45) is 2.61. The van der Waals surface area contributed by atoms with Crippen molar-refractivity contribution in [3.8, 4) is 5.75 Å². The Bertz CT molecular complexity index is 502. The summed E-state index contributed by atoms with van der Waals surface area (Å²) in [5.74, 6) is 1.81. The normalized spacial score (nSPS) is 26.2. The molecule has 3 rings (SSSR count). The molecule has 1 heterocycles. The van der Waals surface area contributed by atoms with Crippen molar-refractivity contribution in [2.75, 3.05) is 25.1 Å². The maximum Gasteiger partial charge on any atom is 0.146 e. The maximum atomic E-state index is 14.4. The van der Waals surface area contributed by atoms with Crippen LogP contribution in [0.4, 0.5) is 10.1 Å². The second-order valence-corrected chi connectivity index (χ2v) is 6.63. The molecule has 1 saturated carbocycles. The van der Waals surface area contributed by atoms with E-state index >= 15 is 0 Å². The minimum atomic E-state index is -0.155. The van der Waals surface area contributed by atoms with Crippen molar-refractivity contribution in [3.63, 3.8) is 0 Å². The van der Waals surface area contributed by atoms with Crippen LogP contribution in [0.15, 0.2) is 18.2 Å². The van der Waals surface area contributed by atoms with Crippen molar-refractivity contribution < 1.29 is 9.13 Å². The van der Waals surface area contributed by atoms with Crippen molar-refractivity contribution in [3.05, 3.63) is 24.0 Å². The van der Waals surface area contributed by atoms with Crippen LogP contribution in [0.3, 0.4) is 0 Å². The van der Waals surface area contributed by atoms with E-state index in [1.807, 2.05) is 6.07 Å². The van der Waals surface area contributed by atoms with Crippen LogP contribution in [0.25, 0.3) is 0 Å². The lowest BCUT2D eigenvalue weighted by atomic mass is 9.96. The standard InChI is InChI=1S/C17H25FN2O/c1-11(2)17-9-19-15(12-4-5-12)10-20(17)16-8-13(21-3)6-7-14(16)18/h6-8,11-12,15,17,19H,4-5,9-10H2,1-3H3. The topological polar surface area (TPSA) is 24.5 Å². The molecule has 116 valence electrons. The Balaban J connectivity index is 1.90. The van der Waals surface area contributed by atoms with E-state index in [0.29, 0.717) is 23.7 Å². The van der Waals surface area contributed by atoms with Crippen molar-refractivity contribution >= 4 is 5.69 Å². The smallest absolute Gasteiger partial charge is 0.146 e. The van der Waals surface area contributed by atoms with Gasteiger partial charge in [0.1, 0.15) is 11.6 Å². The van der Waals surface area contributed by atoms with Gasteiger partial charge < -0.3 is 15.0 Å². The molecule has 0 aromatic heterocycles. The Kier molecular flexibility index (Phi) is 4.07. The van der Waals surface area contributed by atoms with Gasteiger partial charge in [-0.25, -0.2) is 4.39 Å². The van der Waals surface area contributed by atoms with Crippen LogP contribution >= 0.6 is 0 Å². The molecule has 2 atom stereocenters. The number of nitrogens with zero attached hydrogens (tertiary/aromatic N) is 1. The van der Waals surface area contributed by atoms with Gasteiger partial charge in [-0.15, -0.1) is 0 Å². The first-order chi connectivity index (χ1) is 10.1. The van der Waals surface area contributed by atoms with Gasteiger partial charge in [-0.2, -0.15) is 0 Å². The largest absolute Gasteiger partial charge is 0.497 e. The molecule has 2 aliphatic rings. The Hall–Kier alpha value is -1.29. The number of hydrogen-bond acceptors (Lipinski definition) is 3. The van der Waals surface area contributed by atoms with Gasteiger partial charge >= 0.3 is 0 Å². The van der Waals surface area contributed by atoms with Gasteiger partial charge in [0.25, 0.3) is 0 Å². The van der Waals surface area contributed by atoms with Crippen LogP contribution in [0.2, 0.25) is 0 Å². The predicted octanol–water partition coefficient (Wildman–Crippen LogP) is 3.05. The van der Waals surface area contributed by atoms with Gasteiger partial charge in [0, 0.05) is 31.2 Å². The summed E-state index contributed by atoms with van der Waals surface area (Å²) < 4.78 is 19.6. The average molecular weight is 292 g/mol. The third-order valence-corrected chi connectivity index (χ3v) is 4.81. The van der Waals surface area contributed by atoms with E-state index in [-0.39, 0.29) is 5.82 Å². The molecule has 0 amide bonds. The van der Waals surface area contributed by atoms with Crippen LogP contribution in [-0.4, -0.2) is 32.3 Å². The average Bonchev–Trinajstić information content (AvgIpc) is 3.32. The highest BCUT2D eigenvalue weighted by atomic mass is 19.1. The SMILES string of the molecule is COc1ccc(F)c(N2CC(C3CC3)NCC2C(C)C)c1. The Labute approximate surface area is 126 Å². The molecule has 1 aliphatic carbocycles. The number of piperazine rings is 1. The monoisotopic (exact) mass is 292 g/mol. The van der Waals surface area contributed by atoms with Crippen molar-refractivity contribution in [1.82, 2.24) is 5.32 Å². The van der Waals surface area contributed by atoms with Crippen LogP contribution in [0.5, 0.6) is 5.75 Å². The number of hydrogen-bond donors (Lipinski definition) is 1. The molecule has 21 heavy (non-hydrogen) atoms. The molecule has 4 heteroatoms. The van der Waals surface area contributed by atoms with E-state index in [1.165, 1.54) is 18.9 Å². The van der Waals surface area contributed by atoms with E-state index in [4.69, 9.17) is 4.74 Å². The molecule has 1 aliphatic heterocycles. The summed E-state index contributed by atoms with van der Waals surface area (Å²) in [6, 6.07) is 5.84. The third-order valence-electron chi connectivity index (χ3n) is 4.81. The van der Waals surface area contributed by atoms with E-state index in [2.05, 4.69) is 24.1 Å². The highest BCUT2D eigenvalue weighted by Crippen LogP contribution is 2.37. The van der Waals surface area contributed by atoms with E-state index in [1.54, 1.807) is 13.2 Å². The molecule has 1 saturated heterocycles. The summed E-state index contributed by atoms with van der Waals surface area (Å²) in [4.78, 5) is 2.25. The molecular formula is C17H25FN2O. The highest BCUT2D eigenvalue weighted by Gasteiger charge is 2.38. The fourth-order valence-corrected chi connectivity index (χ4v) is 3.32. The lowest BCUT2D eigenvalue weighted by Crippen LogP contribution is -2.59. The third kappa shape index (κ3) is 3.00. The first-order valence-corrected chi connectivity index (χ1v) is 7.93. The molecule has 1 aromatic rings. The van der Waals surface area contributed by atoms with E-state index in [9.17, 15) is 4.39 Å². The predicted molar refractivity (Wildman–Crippen MR) is 83.4 cm³/mol. The fourth-order valence-electron chi connectivity index (χ4n) is 3.32. The van der Waals surface area contributed by atoms with Crippen LogP contribution in [0, 0.1) is 17.7 Å². The number of rotatable bonds is 4. The molecular weight excluding hydrogens is 267 g/mol. The Morgan fingerprint density at radius 1 is 1.33 bits per heavy atom. The minimum Gasteiger partial charge on any atom is -0.497 e. The van der Waals surface area contributed by atoms with Crippen molar-refractivity contribution in [2.45, 2.75) is 38.8 Å². The molecule has 2 fully saturated rings. The van der Waals surface area contributed by atoms with Gasteiger partial charge in [-0.3, -0.25) is 0 Å². The zero-order valence-corrected chi connectivity index (χ0v) is 13.1. The molecule has 3 nitrogen and oxygen atoms in total. The number of anilines is 1. The van der Waals surface area contributed by atoms with Crippen LogP contribution in [-0.2, 0) is 0 Å². The Morgan fingerprint density at radius 2 is 2.10 bits per heavy atom. The van der Waals surface area contributed by atoms with Crippen LogP contribution in [0.1, 0.15) is 26.7 Å². The minimum absolute atomic E-state index is 0.155. The zero-order chi connectivity index (χ0) is 15.0. The lowest BCUT2D eigenvalue weighted by Gasteiger charge is -2.44. The van der Waals surface area contributed by atoms with Gasteiger partial charge in [-0.05, 0) is 36.8 Å². The lowest BCUT2D eigenvalue weighted by molar-refractivity contribution is 0.317. The molecule has 0 bridgehead atoms. The quantitative estimate of drug-likeness (QED) is 0.923. The summed E-state index contributed by atoms with van der Waals surface area (Å²) in [7, 11) is 1.63. The van der Waals surface area contributed by atoms with E-state index in [0.717, 1.165) is 24.8 Å². The highest BCUT2D eigenvalue weighted by molar-refractivity contribution is 5.54. The number of nitrogens with one attached hydrogen (secondary N) is 1. The summed E-state index contributed by atoms with van der Waals surface area (Å²) in [5, 5.41) is 3.66. The second-order valence-electron chi connectivity index (χ2n) is 6.63. The zero-order valence-electron chi connectivity index (χ0n) is 13.1. The van der Waals surface area contributed by atoms with Crippen LogP contribution < -0.4 is 15.0 Å². The number of ether oxygens (including phenoxy) is 1. The maximum absolute atomic E-state index is 14.4. The summed E-state index contributed by atoms with van der Waals surface area (Å²) >= 11 is 0. The molecule has 1 N–H and O–H groups in total.